The van der Waals surface area contributed by atoms with Crippen molar-refractivity contribution in [1.82, 2.24) is 0 Å². The monoisotopic (exact) mass is 564 g/mol. The van der Waals surface area contributed by atoms with Crippen molar-refractivity contribution >= 4 is 10.8 Å². The minimum Gasteiger partial charge on any atom is -0.206 e. The van der Waals surface area contributed by atoms with Crippen molar-refractivity contribution in [2.45, 2.75) is 64.5 Å². The third-order valence-electron chi connectivity index (χ3n) is 7.06. The van der Waals surface area contributed by atoms with Crippen molar-refractivity contribution in [3.05, 3.63) is 106 Å². The highest BCUT2D eigenvalue weighted by molar-refractivity contribution is 5.88. The van der Waals surface area contributed by atoms with E-state index in [1.54, 1.807) is 6.07 Å². The largest absolute Gasteiger partial charge is 0.422 e. The molecule has 4 rings (SSSR count). The minimum atomic E-state index is -5.17. The summed E-state index contributed by atoms with van der Waals surface area (Å²) in [4.78, 5) is 0. The van der Waals surface area contributed by atoms with Crippen molar-refractivity contribution in [1.29, 1.82) is 0 Å². The Kier molecular flexibility index (Phi) is 9.16. The number of hydrogen-bond donors (Lipinski definition) is 0. The summed E-state index contributed by atoms with van der Waals surface area (Å²) >= 11 is 0. The normalized spacial score (nSPS) is 11.9. The van der Waals surface area contributed by atoms with E-state index in [2.05, 4.69) is 6.92 Å². The summed E-state index contributed by atoms with van der Waals surface area (Å²) in [7, 11) is 0. The van der Waals surface area contributed by atoms with Gasteiger partial charge in [0.2, 0.25) is 0 Å². The first kappa shape index (κ1) is 29.6. The lowest BCUT2D eigenvalue weighted by Gasteiger charge is -2.12. The number of aryl methyl sites for hydroxylation is 3. The number of hydrogen-bond acceptors (Lipinski definition) is 0. The van der Waals surface area contributed by atoms with Gasteiger partial charge < -0.3 is 0 Å². The van der Waals surface area contributed by atoms with E-state index in [1.165, 1.54) is 36.4 Å². The van der Waals surface area contributed by atoms with E-state index >= 15 is 4.39 Å². The summed E-state index contributed by atoms with van der Waals surface area (Å²) < 4.78 is 111. The molecule has 0 aliphatic rings. The van der Waals surface area contributed by atoms with Crippen molar-refractivity contribution < 1.29 is 35.1 Å². The highest BCUT2D eigenvalue weighted by Crippen LogP contribution is 2.35. The molecule has 0 N–H and O–H groups in total. The smallest absolute Gasteiger partial charge is 0.206 e. The van der Waals surface area contributed by atoms with Crippen LogP contribution in [0, 0.1) is 29.1 Å². The van der Waals surface area contributed by atoms with E-state index in [9.17, 15) is 30.7 Å². The van der Waals surface area contributed by atoms with Crippen LogP contribution in [-0.2, 0) is 25.4 Å². The third kappa shape index (κ3) is 6.65. The van der Waals surface area contributed by atoms with E-state index in [0.29, 0.717) is 29.5 Å². The molecule has 0 aliphatic carbocycles. The van der Waals surface area contributed by atoms with Gasteiger partial charge in [-0.15, -0.1) is 0 Å². The molecule has 0 amide bonds. The van der Waals surface area contributed by atoms with Gasteiger partial charge in [-0.05, 0) is 83.7 Å². The summed E-state index contributed by atoms with van der Waals surface area (Å²) in [6.07, 6.45) is 0.442. The summed E-state index contributed by atoms with van der Waals surface area (Å²) in [6, 6.07) is 11.2. The number of unbranched alkanes of at least 4 members (excludes halogenated alkanes) is 4. The maximum absolute atomic E-state index is 15.2. The topological polar surface area (TPSA) is 0 Å². The molecule has 8 heteroatoms. The molecule has 0 nitrogen and oxygen atoms in total. The first-order valence-corrected chi connectivity index (χ1v) is 13.2. The predicted octanol–water partition coefficient (Wildman–Crippen LogP) is 10.5. The van der Waals surface area contributed by atoms with Crippen LogP contribution in [0.1, 0.15) is 61.3 Å². The molecule has 0 spiro atoms. The Labute approximate surface area is 227 Å². The Balaban J connectivity index is 1.52. The standard InChI is InChI=1S/C32H28F8/c1-2-3-4-5-6-7-19-14-25(33)29(26(34)15-19)23-12-13-24-22(18-23)11-10-21(31(24)37)9-8-20-16-27(35)30(28(36)17-20)32(38,39)40/h10-18H,2-9H2,1H3. The quantitative estimate of drug-likeness (QED) is 0.133. The van der Waals surface area contributed by atoms with E-state index in [1.807, 2.05) is 0 Å². The number of rotatable bonds is 10. The van der Waals surface area contributed by atoms with Crippen LogP contribution in [0.5, 0.6) is 0 Å². The highest BCUT2D eigenvalue weighted by Gasteiger charge is 2.37. The van der Waals surface area contributed by atoms with Crippen molar-refractivity contribution in [2.75, 3.05) is 0 Å². The fourth-order valence-corrected chi connectivity index (χ4v) is 4.98. The number of halogens is 8. The predicted molar refractivity (Wildman–Crippen MR) is 140 cm³/mol. The molecule has 212 valence electrons. The van der Waals surface area contributed by atoms with Gasteiger partial charge in [-0.1, -0.05) is 56.9 Å². The first-order chi connectivity index (χ1) is 19.0. The van der Waals surface area contributed by atoms with Crippen LogP contribution in [0.2, 0.25) is 0 Å². The van der Waals surface area contributed by atoms with Crippen molar-refractivity contribution in [3.8, 4) is 11.1 Å². The second-order valence-corrected chi connectivity index (χ2v) is 10.0. The average Bonchev–Trinajstić information content (AvgIpc) is 2.86. The van der Waals surface area contributed by atoms with E-state index in [-0.39, 0.29) is 40.5 Å². The lowest BCUT2D eigenvalue weighted by atomic mass is 9.95. The van der Waals surface area contributed by atoms with Gasteiger partial charge in [-0.25, -0.2) is 22.0 Å². The molecule has 0 atom stereocenters. The lowest BCUT2D eigenvalue weighted by molar-refractivity contribution is -0.142. The van der Waals surface area contributed by atoms with Crippen LogP contribution in [0.4, 0.5) is 35.1 Å². The highest BCUT2D eigenvalue weighted by atomic mass is 19.4. The maximum Gasteiger partial charge on any atom is 0.422 e. The Morgan fingerprint density at radius 3 is 1.82 bits per heavy atom. The fraction of sp³-hybridized carbons (Fsp3) is 0.312. The summed E-state index contributed by atoms with van der Waals surface area (Å²) in [6.45, 7) is 2.11. The van der Waals surface area contributed by atoms with Crippen molar-refractivity contribution in [2.24, 2.45) is 0 Å². The molecule has 0 fully saturated rings. The number of fused-ring (bicyclic) bond motifs is 1. The third-order valence-corrected chi connectivity index (χ3v) is 7.06. The van der Waals surface area contributed by atoms with Gasteiger partial charge in [0.25, 0.3) is 0 Å². The summed E-state index contributed by atoms with van der Waals surface area (Å²) in [5.41, 5.74) is -1.20. The zero-order valence-electron chi connectivity index (χ0n) is 21.9. The minimum absolute atomic E-state index is 0.0308. The van der Waals surface area contributed by atoms with Gasteiger partial charge in [0.1, 0.15) is 34.6 Å². The number of benzene rings is 4. The second kappa shape index (κ2) is 12.4. The van der Waals surface area contributed by atoms with Gasteiger partial charge in [-0.3, -0.25) is 0 Å². The van der Waals surface area contributed by atoms with Gasteiger partial charge >= 0.3 is 6.18 Å². The molecule has 4 aromatic rings. The molecule has 0 radical (unpaired) electrons. The van der Waals surface area contributed by atoms with Gasteiger partial charge in [0.05, 0.1) is 5.56 Å². The van der Waals surface area contributed by atoms with Gasteiger partial charge in [0, 0.05) is 5.39 Å². The molecule has 0 heterocycles. The van der Waals surface area contributed by atoms with Crippen molar-refractivity contribution in [3.63, 3.8) is 0 Å². The average molecular weight is 565 g/mol. The van der Waals surface area contributed by atoms with Crippen LogP contribution >= 0.6 is 0 Å². The maximum atomic E-state index is 15.2. The molecule has 40 heavy (non-hydrogen) atoms. The molecule has 0 unspecified atom stereocenters. The summed E-state index contributed by atoms with van der Waals surface area (Å²) in [5.74, 6) is -5.48. The van der Waals surface area contributed by atoms with Crippen LogP contribution in [0.3, 0.4) is 0 Å². The fourth-order valence-electron chi connectivity index (χ4n) is 4.98. The van der Waals surface area contributed by atoms with Crippen LogP contribution < -0.4 is 0 Å². The zero-order chi connectivity index (χ0) is 29.0. The van der Waals surface area contributed by atoms with E-state index in [0.717, 1.165) is 32.1 Å². The second-order valence-electron chi connectivity index (χ2n) is 10.0. The van der Waals surface area contributed by atoms with E-state index < -0.39 is 40.8 Å². The molecular weight excluding hydrogens is 536 g/mol. The Bertz CT molecular complexity index is 1460. The molecule has 0 saturated heterocycles. The SMILES string of the molecule is CCCCCCCc1cc(F)c(-c2ccc3c(F)c(CCc4cc(F)c(C(F)(F)F)c(F)c4)ccc3c2)c(F)c1. The Morgan fingerprint density at radius 1 is 0.600 bits per heavy atom. The molecule has 0 aliphatic heterocycles. The van der Waals surface area contributed by atoms with Crippen LogP contribution in [0.25, 0.3) is 21.9 Å². The Hall–Kier alpha value is -3.42. The van der Waals surface area contributed by atoms with E-state index in [4.69, 9.17) is 0 Å². The lowest BCUT2D eigenvalue weighted by Crippen LogP contribution is -2.12. The zero-order valence-corrected chi connectivity index (χ0v) is 21.9. The molecule has 0 bridgehead atoms. The Morgan fingerprint density at radius 2 is 1.20 bits per heavy atom. The summed E-state index contributed by atoms with van der Waals surface area (Å²) in [5, 5.41) is 0.569. The first-order valence-electron chi connectivity index (χ1n) is 13.2. The molecule has 4 aromatic carbocycles. The molecule has 0 saturated carbocycles. The number of alkyl halides is 3. The molecule has 0 aromatic heterocycles. The van der Waals surface area contributed by atoms with Crippen LogP contribution in [-0.4, -0.2) is 0 Å². The van der Waals surface area contributed by atoms with Gasteiger partial charge in [0.15, 0.2) is 0 Å². The van der Waals surface area contributed by atoms with Gasteiger partial charge in [-0.2, -0.15) is 13.2 Å². The molecular formula is C32H28F8. The van der Waals surface area contributed by atoms with Crippen LogP contribution in [0.15, 0.2) is 54.6 Å².